The van der Waals surface area contributed by atoms with E-state index in [0.717, 1.165) is 55.6 Å². The molecule has 2 amide bonds. The number of carbonyl (C=O) groups excluding carboxylic acids is 2. The highest BCUT2D eigenvalue weighted by molar-refractivity contribution is 14.1. The van der Waals surface area contributed by atoms with Gasteiger partial charge in [-0.2, -0.15) is 13.2 Å². The number of rotatable bonds is 10. The van der Waals surface area contributed by atoms with Crippen molar-refractivity contribution in [1.82, 2.24) is 9.80 Å². The summed E-state index contributed by atoms with van der Waals surface area (Å²) >= 11 is 8.87. The van der Waals surface area contributed by atoms with Gasteiger partial charge in [0.25, 0.3) is 17.4 Å². The second-order valence-corrected chi connectivity index (χ2v) is 13.4. The third kappa shape index (κ3) is 7.53. The van der Waals surface area contributed by atoms with E-state index >= 15 is 0 Å². The first-order valence-electron chi connectivity index (χ1n) is 14.4. The van der Waals surface area contributed by atoms with Crippen LogP contribution in [0, 0.1) is 5.92 Å². The van der Waals surface area contributed by atoms with Gasteiger partial charge in [-0.05, 0) is 69.1 Å². The van der Waals surface area contributed by atoms with Gasteiger partial charge < -0.3 is 19.6 Å². The predicted molar refractivity (Wildman–Crippen MR) is 164 cm³/mol. The lowest BCUT2D eigenvalue weighted by atomic mass is 9.88. The van der Waals surface area contributed by atoms with E-state index < -0.39 is 23.2 Å². The van der Waals surface area contributed by atoms with E-state index in [1.807, 2.05) is 7.05 Å². The largest absolute Gasteiger partial charge is 0.494 e. The zero-order valence-electron chi connectivity index (χ0n) is 23.6. The number of hydrogen-bond donors (Lipinski definition) is 1. The van der Waals surface area contributed by atoms with Crippen LogP contribution in [-0.2, 0) is 10.4 Å². The first kappa shape index (κ1) is 32.9. The quantitative estimate of drug-likeness (QED) is 0.163. The topological polar surface area (TPSA) is 70.1 Å². The number of unbranched alkanes of at least 4 members (excludes halogenated alkanes) is 1. The number of nitrogens with zero attached hydrogens (tertiary/aromatic N) is 2. The minimum Gasteiger partial charge on any atom is -0.494 e. The van der Waals surface area contributed by atoms with Crippen molar-refractivity contribution in [3.63, 3.8) is 0 Å². The van der Waals surface area contributed by atoms with Crippen LogP contribution in [0.25, 0.3) is 0 Å². The lowest BCUT2D eigenvalue weighted by molar-refractivity contribution is -0.262. The number of likely N-dealkylation sites (tertiary alicyclic amines) is 1. The van der Waals surface area contributed by atoms with Crippen molar-refractivity contribution in [1.29, 1.82) is 0 Å². The minimum atomic E-state index is -5.13. The zero-order valence-corrected chi connectivity index (χ0v) is 26.5. The fourth-order valence-electron chi connectivity index (χ4n) is 5.84. The SMILES string of the molecule is CN(C(=O)c1ccc(OCCCCC2CCN(C(=O)[C@](O)(c3ccccc3)C(F)(F)F)CC2)cc1Cl)[C@@H]1CC[C@H](I)C1. The van der Waals surface area contributed by atoms with Gasteiger partial charge in [0, 0.05) is 35.7 Å². The second-order valence-electron chi connectivity index (χ2n) is 11.3. The van der Waals surface area contributed by atoms with Crippen LogP contribution in [0.4, 0.5) is 13.2 Å². The Hall–Kier alpha value is -2.05. The molecular weight excluding hydrogens is 684 g/mol. The van der Waals surface area contributed by atoms with Gasteiger partial charge in [0.05, 0.1) is 17.2 Å². The summed E-state index contributed by atoms with van der Waals surface area (Å²) in [7, 11) is 1.83. The minimum absolute atomic E-state index is 0.0852. The fourth-order valence-corrected chi connectivity index (χ4v) is 7.04. The molecule has 0 spiro atoms. The third-order valence-electron chi connectivity index (χ3n) is 8.47. The van der Waals surface area contributed by atoms with E-state index in [-0.39, 0.29) is 31.0 Å². The number of hydrogen-bond acceptors (Lipinski definition) is 4. The summed E-state index contributed by atoms with van der Waals surface area (Å²) in [6.45, 7) is 0.808. The molecule has 1 saturated carbocycles. The molecule has 1 aliphatic heterocycles. The number of halogens is 5. The summed E-state index contributed by atoms with van der Waals surface area (Å²) in [6, 6.07) is 11.9. The zero-order chi connectivity index (χ0) is 30.5. The molecule has 230 valence electrons. The summed E-state index contributed by atoms with van der Waals surface area (Å²) < 4.78 is 48.1. The van der Waals surface area contributed by atoms with Crippen LogP contribution in [0.3, 0.4) is 0 Å². The van der Waals surface area contributed by atoms with Crippen molar-refractivity contribution >= 4 is 46.0 Å². The maximum absolute atomic E-state index is 13.9. The van der Waals surface area contributed by atoms with Crippen LogP contribution < -0.4 is 4.74 Å². The summed E-state index contributed by atoms with van der Waals surface area (Å²) in [5.41, 5.74) is -3.57. The highest BCUT2D eigenvalue weighted by Crippen LogP contribution is 2.41. The van der Waals surface area contributed by atoms with Crippen LogP contribution in [0.5, 0.6) is 5.75 Å². The van der Waals surface area contributed by atoms with Crippen molar-refractivity contribution in [3.05, 3.63) is 64.7 Å². The molecule has 6 nitrogen and oxygen atoms in total. The molecular formula is C31H37ClF3IN2O4. The van der Waals surface area contributed by atoms with Crippen molar-refractivity contribution in [2.45, 2.75) is 73.1 Å². The first-order valence-corrected chi connectivity index (χ1v) is 16.0. The van der Waals surface area contributed by atoms with E-state index in [1.54, 1.807) is 23.1 Å². The Balaban J connectivity index is 1.19. The third-order valence-corrected chi connectivity index (χ3v) is 9.91. The van der Waals surface area contributed by atoms with Gasteiger partial charge in [-0.15, -0.1) is 0 Å². The number of alkyl halides is 4. The maximum atomic E-state index is 13.9. The molecule has 0 aromatic heterocycles. The van der Waals surface area contributed by atoms with Crippen LogP contribution >= 0.6 is 34.2 Å². The molecule has 0 bridgehead atoms. The molecule has 2 aliphatic rings. The molecule has 3 atom stereocenters. The molecule has 1 saturated heterocycles. The molecule has 1 aliphatic carbocycles. The summed E-state index contributed by atoms with van der Waals surface area (Å²) in [6.07, 6.45) is 1.65. The molecule has 2 fully saturated rings. The van der Waals surface area contributed by atoms with Crippen LogP contribution in [-0.4, -0.2) is 69.6 Å². The van der Waals surface area contributed by atoms with Gasteiger partial charge in [0.1, 0.15) is 5.75 Å². The Morgan fingerprint density at radius 1 is 1.07 bits per heavy atom. The highest BCUT2D eigenvalue weighted by atomic mass is 127. The number of piperidine rings is 1. The van der Waals surface area contributed by atoms with Crippen molar-refractivity contribution < 1.29 is 32.6 Å². The van der Waals surface area contributed by atoms with Crippen LogP contribution in [0.15, 0.2) is 48.5 Å². The lowest BCUT2D eigenvalue weighted by Crippen LogP contribution is -2.57. The van der Waals surface area contributed by atoms with Gasteiger partial charge in [-0.3, -0.25) is 9.59 Å². The second kappa shape index (κ2) is 14.2. The van der Waals surface area contributed by atoms with Gasteiger partial charge >= 0.3 is 6.18 Å². The summed E-state index contributed by atoms with van der Waals surface area (Å²) in [4.78, 5) is 28.8. The van der Waals surface area contributed by atoms with E-state index in [4.69, 9.17) is 16.3 Å². The maximum Gasteiger partial charge on any atom is 0.430 e. The van der Waals surface area contributed by atoms with E-state index in [0.29, 0.717) is 39.7 Å². The van der Waals surface area contributed by atoms with E-state index in [1.165, 1.54) is 18.2 Å². The lowest BCUT2D eigenvalue weighted by Gasteiger charge is -2.38. The molecule has 2 aromatic carbocycles. The Kier molecular flexibility index (Phi) is 11.1. The predicted octanol–water partition coefficient (Wildman–Crippen LogP) is 7.01. The Morgan fingerprint density at radius 3 is 2.36 bits per heavy atom. The van der Waals surface area contributed by atoms with Gasteiger partial charge in [0.15, 0.2) is 0 Å². The average Bonchev–Trinajstić information content (AvgIpc) is 3.41. The first-order chi connectivity index (χ1) is 19.9. The van der Waals surface area contributed by atoms with Crippen molar-refractivity contribution in [3.8, 4) is 5.75 Å². The van der Waals surface area contributed by atoms with Gasteiger partial charge in [0.2, 0.25) is 0 Å². The van der Waals surface area contributed by atoms with Gasteiger partial charge in [-0.1, -0.05) is 70.9 Å². The van der Waals surface area contributed by atoms with Crippen LogP contribution in [0.1, 0.15) is 67.3 Å². The fraction of sp³-hybridized carbons (Fsp3) is 0.548. The monoisotopic (exact) mass is 720 g/mol. The molecule has 2 aromatic rings. The normalized spacial score (nSPS) is 21.2. The van der Waals surface area contributed by atoms with E-state index in [2.05, 4.69) is 22.6 Å². The number of ether oxygens (including phenoxy) is 1. The number of benzene rings is 2. The Bertz CT molecular complexity index is 1230. The smallest absolute Gasteiger partial charge is 0.430 e. The standard InChI is InChI=1S/C31H37ClF3IN2O4/c1-37(24-11-10-23(36)19-24)28(39)26-13-12-25(20-27(26)32)42-18-6-5-7-21-14-16-38(17-15-21)29(40)30(41,31(33,34)35)22-8-3-2-4-9-22/h2-4,8-9,12-13,20-21,23-24,41H,5-7,10-11,14-19H2,1H3/t23-,24+,30+/m0/s1. The molecule has 11 heteroatoms. The van der Waals surface area contributed by atoms with E-state index in [9.17, 15) is 27.9 Å². The molecule has 0 radical (unpaired) electrons. The molecule has 1 N–H and O–H groups in total. The Morgan fingerprint density at radius 2 is 1.76 bits per heavy atom. The average molecular weight is 721 g/mol. The molecule has 42 heavy (non-hydrogen) atoms. The van der Waals surface area contributed by atoms with Crippen LogP contribution in [0.2, 0.25) is 5.02 Å². The molecule has 0 unspecified atom stereocenters. The number of amides is 2. The Labute approximate surface area is 263 Å². The van der Waals surface area contributed by atoms with Crippen molar-refractivity contribution in [2.24, 2.45) is 5.92 Å². The molecule has 4 rings (SSSR count). The van der Waals surface area contributed by atoms with Crippen molar-refractivity contribution in [2.75, 3.05) is 26.7 Å². The summed E-state index contributed by atoms with van der Waals surface area (Å²) in [5.74, 6) is -0.532. The molecule has 1 heterocycles. The number of aliphatic hydroxyl groups is 1. The summed E-state index contributed by atoms with van der Waals surface area (Å²) in [5, 5.41) is 10.9. The van der Waals surface area contributed by atoms with Gasteiger partial charge in [-0.25, -0.2) is 0 Å². The number of carbonyl (C=O) groups is 2. The highest BCUT2D eigenvalue weighted by Gasteiger charge is 2.62.